The Labute approximate surface area is 176 Å². The number of carbonyl (C=O) groups excluding carboxylic acids is 2. The molecule has 0 bridgehead atoms. The number of amides is 3. The van der Waals surface area contributed by atoms with Crippen LogP contribution in [0.5, 0.6) is 0 Å². The van der Waals surface area contributed by atoms with Gasteiger partial charge in [-0.05, 0) is 25.7 Å². The number of thiazole rings is 1. The molecule has 4 rings (SSSR count). The largest absolute Gasteiger partial charge is 0.378 e. The maximum Gasteiger partial charge on any atom is 0.324 e. The first kappa shape index (κ1) is 20.6. The summed E-state index contributed by atoms with van der Waals surface area (Å²) >= 11 is 1.33. The number of urea groups is 1. The fraction of sp³-hybridized carbons (Fsp3) is 0.762. The fourth-order valence-corrected chi connectivity index (χ4v) is 5.54. The molecule has 160 valence electrons. The van der Waals surface area contributed by atoms with Crippen LogP contribution in [0.2, 0.25) is 0 Å². The maximum absolute atomic E-state index is 13.3. The van der Waals surface area contributed by atoms with Gasteiger partial charge in [0.1, 0.15) is 5.69 Å². The molecule has 2 heterocycles. The van der Waals surface area contributed by atoms with Gasteiger partial charge in [-0.3, -0.25) is 10.1 Å². The Hall–Kier alpha value is -1.67. The van der Waals surface area contributed by atoms with Crippen LogP contribution in [0.3, 0.4) is 0 Å². The molecule has 0 atom stereocenters. The number of aromatic nitrogens is 1. The van der Waals surface area contributed by atoms with Crippen molar-refractivity contribution < 1.29 is 14.3 Å². The van der Waals surface area contributed by atoms with Crippen molar-refractivity contribution in [1.82, 2.24) is 14.8 Å². The summed E-state index contributed by atoms with van der Waals surface area (Å²) in [6.07, 6.45) is 11.8. The minimum absolute atomic E-state index is 0.0384. The Morgan fingerprint density at radius 3 is 2.17 bits per heavy atom. The third kappa shape index (κ3) is 5.09. The highest BCUT2D eigenvalue weighted by Crippen LogP contribution is 2.31. The van der Waals surface area contributed by atoms with E-state index in [-0.39, 0.29) is 11.9 Å². The average Bonchev–Trinajstić information content (AvgIpc) is 3.24. The highest BCUT2D eigenvalue weighted by molar-refractivity contribution is 7.14. The number of carbonyl (C=O) groups is 2. The summed E-state index contributed by atoms with van der Waals surface area (Å²) in [7, 11) is 0. The Balaban J connectivity index is 1.42. The number of hydrogen-bond donors (Lipinski definition) is 1. The molecule has 0 unspecified atom stereocenters. The molecule has 0 spiro atoms. The predicted molar refractivity (Wildman–Crippen MR) is 113 cm³/mol. The SMILES string of the molecule is O=C(c1csc(NC(=O)N(C2CCCCC2)C2CCCCC2)n1)N1CCOCC1. The van der Waals surface area contributed by atoms with Gasteiger partial charge in [-0.2, -0.15) is 0 Å². The van der Waals surface area contributed by atoms with Crippen molar-refractivity contribution in [2.45, 2.75) is 76.3 Å². The normalized spacial score (nSPS) is 21.7. The average molecular weight is 421 g/mol. The molecule has 2 aliphatic carbocycles. The van der Waals surface area contributed by atoms with Crippen LogP contribution in [0, 0.1) is 0 Å². The first-order valence-electron chi connectivity index (χ1n) is 11.1. The van der Waals surface area contributed by atoms with Gasteiger partial charge in [0.25, 0.3) is 5.91 Å². The molecule has 3 fully saturated rings. The number of anilines is 1. The number of nitrogens with zero attached hydrogens (tertiary/aromatic N) is 3. The highest BCUT2D eigenvalue weighted by atomic mass is 32.1. The van der Waals surface area contributed by atoms with E-state index in [1.165, 1.54) is 49.9 Å². The van der Waals surface area contributed by atoms with Gasteiger partial charge >= 0.3 is 6.03 Å². The number of nitrogens with one attached hydrogen (secondary N) is 1. The van der Waals surface area contributed by atoms with Gasteiger partial charge in [0, 0.05) is 30.6 Å². The van der Waals surface area contributed by atoms with Gasteiger partial charge in [-0.15, -0.1) is 11.3 Å². The van der Waals surface area contributed by atoms with Gasteiger partial charge < -0.3 is 14.5 Å². The second kappa shape index (κ2) is 9.89. The third-order valence-corrected chi connectivity index (χ3v) is 7.16. The Kier molecular flexibility index (Phi) is 7.02. The minimum Gasteiger partial charge on any atom is -0.378 e. The van der Waals surface area contributed by atoms with E-state index in [2.05, 4.69) is 15.2 Å². The summed E-state index contributed by atoms with van der Waals surface area (Å²) in [5.41, 5.74) is 0.411. The monoisotopic (exact) mass is 420 g/mol. The Morgan fingerprint density at radius 2 is 1.59 bits per heavy atom. The zero-order chi connectivity index (χ0) is 20.1. The first-order chi connectivity index (χ1) is 14.2. The van der Waals surface area contributed by atoms with E-state index in [9.17, 15) is 9.59 Å². The number of morpholine rings is 1. The van der Waals surface area contributed by atoms with Gasteiger partial charge in [-0.1, -0.05) is 38.5 Å². The van der Waals surface area contributed by atoms with Crippen LogP contribution in [-0.2, 0) is 4.74 Å². The van der Waals surface area contributed by atoms with Gasteiger partial charge in [0.05, 0.1) is 13.2 Å². The molecule has 1 aliphatic heterocycles. The van der Waals surface area contributed by atoms with Crippen LogP contribution in [0.4, 0.5) is 9.93 Å². The van der Waals surface area contributed by atoms with Crippen LogP contribution >= 0.6 is 11.3 Å². The molecule has 3 aliphatic rings. The summed E-state index contributed by atoms with van der Waals surface area (Å²) in [5.74, 6) is -0.0820. The maximum atomic E-state index is 13.3. The summed E-state index contributed by atoms with van der Waals surface area (Å²) < 4.78 is 5.31. The van der Waals surface area contributed by atoms with Gasteiger partial charge in [-0.25, -0.2) is 9.78 Å². The van der Waals surface area contributed by atoms with Crippen molar-refractivity contribution in [1.29, 1.82) is 0 Å². The van der Waals surface area contributed by atoms with E-state index in [0.717, 1.165) is 25.7 Å². The lowest BCUT2D eigenvalue weighted by Crippen LogP contribution is -2.50. The topological polar surface area (TPSA) is 74.8 Å². The van der Waals surface area contributed by atoms with Crippen LogP contribution in [-0.4, -0.2) is 65.1 Å². The fourth-order valence-electron chi connectivity index (χ4n) is 4.86. The van der Waals surface area contributed by atoms with E-state index < -0.39 is 0 Å². The number of ether oxygens (including phenoxy) is 1. The summed E-state index contributed by atoms with van der Waals surface area (Å²) in [6.45, 7) is 2.32. The molecule has 7 nitrogen and oxygen atoms in total. The molecule has 1 aromatic heterocycles. The van der Waals surface area contributed by atoms with Crippen LogP contribution < -0.4 is 5.32 Å². The zero-order valence-electron chi connectivity index (χ0n) is 17.1. The molecular formula is C21H32N4O3S. The van der Waals surface area contributed by atoms with Crippen molar-refractivity contribution in [2.24, 2.45) is 0 Å². The van der Waals surface area contributed by atoms with Crippen molar-refractivity contribution in [3.8, 4) is 0 Å². The second-order valence-electron chi connectivity index (χ2n) is 8.36. The standard InChI is InChI=1S/C21H32N4O3S/c26-19(24-11-13-28-14-12-24)18-15-29-20(22-18)23-21(27)25(16-7-3-1-4-8-16)17-9-5-2-6-10-17/h15-17H,1-14H2,(H,22,23,27). The van der Waals surface area contributed by atoms with Crippen molar-refractivity contribution in [2.75, 3.05) is 31.6 Å². The van der Waals surface area contributed by atoms with Crippen LogP contribution in [0.15, 0.2) is 5.38 Å². The number of hydrogen-bond acceptors (Lipinski definition) is 5. The minimum atomic E-state index is -0.0820. The molecule has 29 heavy (non-hydrogen) atoms. The van der Waals surface area contributed by atoms with Crippen molar-refractivity contribution >= 4 is 28.4 Å². The lowest BCUT2D eigenvalue weighted by atomic mass is 9.89. The number of rotatable bonds is 4. The van der Waals surface area contributed by atoms with E-state index in [4.69, 9.17) is 4.74 Å². The van der Waals surface area contributed by atoms with Crippen LogP contribution in [0.25, 0.3) is 0 Å². The molecule has 1 saturated heterocycles. The van der Waals surface area contributed by atoms with Crippen LogP contribution in [0.1, 0.15) is 74.7 Å². The molecule has 3 amide bonds. The molecule has 1 N–H and O–H groups in total. The second-order valence-corrected chi connectivity index (χ2v) is 9.22. The molecular weight excluding hydrogens is 388 g/mol. The first-order valence-corrected chi connectivity index (χ1v) is 12.0. The molecule has 0 aromatic carbocycles. The van der Waals surface area contributed by atoms with E-state index in [1.54, 1.807) is 10.3 Å². The van der Waals surface area contributed by atoms with E-state index in [0.29, 0.717) is 49.2 Å². The summed E-state index contributed by atoms with van der Waals surface area (Å²) in [4.78, 5) is 34.2. The Bertz CT molecular complexity index is 674. The smallest absolute Gasteiger partial charge is 0.324 e. The van der Waals surface area contributed by atoms with Crippen molar-refractivity contribution in [3.63, 3.8) is 0 Å². The molecule has 0 radical (unpaired) electrons. The lowest BCUT2D eigenvalue weighted by molar-refractivity contribution is 0.0299. The Morgan fingerprint density at radius 1 is 1.00 bits per heavy atom. The van der Waals surface area contributed by atoms with Gasteiger partial charge in [0.2, 0.25) is 0 Å². The molecule has 1 aromatic rings. The van der Waals surface area contributed by atoms with E-state index in [1.807, 2.05) is 0 Å². The van der Waals surface area contributed by atoms with Gasteiger partial charge in [0.15, 0.2) is 5.13 Å². The quantitative estimate of drug-likeness (QED) is 0.795. The predicted octanol–water partition coefficient (Wildman–Crippen LogP) is 4.11. The summed E-state index contributed by atoms with van der Waals surface area (Å²) in [5, 5.41) is 5.28. The highest BCUT2D eigenvalue weighted by Gasteiger charge is 2.33. The lowest BCUT2D eigenvalue weighted by Gasteiger charge is -2.41. The molecule has 2 saturated carbocycles. The van der Waals surface area contributed by atoms with Crippen molar-refractivity contribution in [3.05, 3.63) is 11.1 Å². The zero-order valence-corrected chi connectivity index (χ0v) is 17.9. The van der Waals surface area contributed by atoms with E-state index >= 15 is 0 Å². The summed E-state index contributed by atoms with van der Waals surface area (Å²) in [6, 6.07) is 0.631. The molecule has 8 heteroatoms. The third-order valence-electron chi connectivity index (χ3n) is 6.41.